The topological polar surface area (TPSA) is 296 Å². The molecule has 1 aliphatic carbocycles. The van der Waals surface area contributed by atoms with Crippen molar-refractivity contribution < 1.29 is 49.3 Å². The first kappa shape index (κ1) is 33.9. The van der Waals surface area contributed by atoms with Crippen molar-refractivity contribution in [2.45, 2.75) is 105 Å². The Morgan fingerprint density at radius 1 is 1.15 bits per heavy atom. The summed E-state index contributed by atoms with van der Waals surface area (Å²) in [6.45, 7) is 0.756. The van der Waals surface area contributed by atoms with E-state index in [4.69, 9.17) is 47.0 Å². The number of aliphatic imine (C=N–C) groups is 1. The molecule has 0 aromatic rings. The molecule has 15 N–H and O–H groups in total. The molecule has 2 heterocycles. The lowest BCUT2D eigenvalue weighted by atomic mass is 9.83. The van der Waals surface area contributed by atoms with Gasteiger partial charge in [0.25, 0.3) is 0 Å². The highest BCUT2D eigenvalue weighted by molar-refractivity contribution is 5.81. The Kier molecular flexibility index (Phi) is 12.2. The number of amides is 1. The van der Waals surface area contributed by atoms with E-state index >= 15 is 0 Å². The summed E-state index contributed by atoms with van der Waals surface area (Å²) in [5, 5.41) is 57.4. The van der Waals surface area contributed by atoms with Crippen LogP contribution in [0.3, 0.4) is 0 Å². The fourth-order valence-electron chi connectivity index (χ4n) is 5.41. The van der Waals surface area contributed by atoms with Crippen LogP contribution in [0.2, 0.25) is 0 Å². The number of nitrogens with two attached hydrogens (primary N) is 4. The molecule has 1 amide bonds. The highest BCUT2D eigenvalue weighted by Gasteiger charge is 2.52. The quantitative estimate of drug-likeness (QED) is 0.0784. The van der Waals surface area contributed by atoms with Crippen molar-refractivity contribution >= 4 is 11.7 Å². The number of rotatable bonds is 11. The Balaban J connectivity index is 1.79. The smallest absolute Gasteiger partial charge is 0.250 e. The molecule has 0 aromatic heterocycles. The van der Waals surface area contributed by atoms with E-state index in [0.717, 1.165) is 0 Å². The molecule has 3 fully saturated rings. The highest BCUT2D eigenvalue weighted by Crippen LogP contribution is 2.32. The minimum absolute atomic E-state index is 0.0358. The number of hydrogen-bond acceptors (Lipinski definition) is 15. The first-order valence-electron chi connectivity index (χ1n) is 13.8. The van der Waals surface area contributed by atoms with Crippen LogP contribution >= 0.6 is 0 Å². The first-order valence-corrected chi connectivity index (χ1v) is 13.8. The Morgan fingerprint density at radius 2 is 1.83 bits per heavy atom. The number of ether oxygens (including phenoxy) is 4. The third-order valence-electron chi connectivity index (χ3n) is 7.75. The van der Waals surface area contributed by atoms with E-state index in [-0.39, 0.29) is 38.6 Å². The minimum Gasteiger partial charge on any atom is -0.388 e. The first-order chi connectivity index (χ1) is 19.3. The van der Waals surface area contributed by atoms with Gasteiger partial charge in [0, 0.05) is 12.6 Å². The average molecular weight is 594 g/mol. The van der Waals surface area contributed by atoms with Crippen LogP contribution < -0.4 is 33.6 Å². The number of carbonyl (C=O) groups excluding carboxylic acids is 1. The van der Waals surface area contributed by atoms with Gasteiger partial charge in [0.15, 0.2) is 12.6 Å². The lowest BCUT2D eigenvalue weighted by Crippen LogP contribution is -2.69. The van der Waals surface area contributed by atoms with E-state index in [1.807, 2.05) is 0 Å². The number of aliphatic hydroxyl groups is 5. The molecule has 0 unspecified atom stereocenters. The summed E-state index contributed by atoms with van der Waals surface area (Å²) in [5.74, 6) is -0.734. The molecule has 3 aliphatic rings. The second-order valence-electron chi connectivity index (χ2n) is 11.1. The normalized spacial score (nSPS) is 43.0. The lowest BCUT2D eigenvalue weighted by Gasteiger charge is -2.49. The Hall–Kier alpha value is -1.58. The third kappa shape index (κ3) is 8.29. The van der Waals surface area contributed by atoms with Crippen LogP contribution in [0, 0.1) is 0 Å². The predicted octanol–water partition coefficient (Wildman–Crippen LogP) is -6.11. The number of nitrogens with zero attached hydrogens (tertiary/aromatic N) is 1. The number of likely N-dealkylation sites (N-methyl/N-ethyl adjacent to an activating group) is 1. The van der Waals surface area contributed by atoms with Crippen molar-refractivity contribution in [1.82, 2.24) is 10.6 Å². The molecular weight excluding hydrogens is 546 g/mol. The number of carbonyl (C=O) groups is 1. The maximum atomic E-state index is 12.5. The second-order valence-corrected chi connectivity index (χ2v) is 11.1. The van der Waals surface area contributed by atoms with Crippen molar-refractivity contribution in [3.63, 3.8) is 0 Å². The van der Waals surface area contributed by atoms with Gasteiger partial charge in [0.05, 0.1) is 37.4 Å². The van der Waals surface area contributed by atoms with Gasteiger partial charge in [-0.2, -0.15) is 0 Å². The molecule has 0 bridgehead atoms. The van der Waals surface area contributed by atoms with Crippen molar-refractivity contribution in [2.75, 3.05) is 33.4 Å². The summed E-state index contributed by atoms with van der Waals surface area (Å²) < 4.78 is 23.7. The lowest BCUT2D eigenvalue weighted by molar-refractivity contribution is -0.307. The van der Waals surface area contributed by atoms with Crippen molar-refractivity contribution in [3.8, 4) is 0 Å². The molecule has 3 rings (SSSR count). The van der Waals surface area contributed by atoms with Crippen LogP contribution in [-0.2, 0) is 23.7 Å². The van der Waals surface area contributed by atoms with Gasteiger partial charge in [-0.1, -0.05) is 0 Å². The number of aliphatic hydroxyl groups excluding tert-OH is 4. The summed E-state index contributed by atoms with van der Waals surface area (Å²) in [6, 6.07) is -3.17. The zero-order chi connectivity index (χ0) is 30.5. The minimum atomic E-state index is -1.51. The number of nitrogens with one attached hydrogen (secondary N) is 2. The van der Waals surface area contributed by atoms with Gasteiger partial charge >= 0.3 is 0 Å². The average Bonchev–Trinajstić information content (AvgIpc) is 2.93. The van der Waals surface area contributed by atoms with Gasteiger partial charge in [-0.3, -0.25) is 9.79 Å². The van der Waals surface area contributed by atoms with Crippen LogP contribution in [0.15, 0.2) is 4.99 Å². The van der Waals surface area contributed by atoms with E-state index in [1.165, 1.54) is 6.92 Å². The molecule has 0 radical (unpaired) electrons. The van der Waals surface area contributed by atoms with E-state index in [2.05, 4.69) is 15.6 Å². The van der Waals surface area contributed by atoms with Gasteiger partial charge in [-0.25, -0.2) is 0 Å². The predicted molar refractivity (Wildman–Crippen MR) is 144 cm³/mol. The molecule has 17 nitrogen and oxygen atoms in total. The molecular formula is C24H47N7O10. The second kappa shape index (κ2) is 14.7. The van der Waals surface area contributed by atoms with Crippen molar-refractivity contribution in [1.29, 1.82) is 0 Å². The Labute approximate surface area is 238 Å². The maximum Gasteiger partial charge on any atom is 0.250 e. The van der Waals surface area contributed by atoms with E-state index in [0.29, 0.717) is 12.8 Å². The summed E-state index contributed by atoms with van der Waals surface area (Å²) in [6.07, 6.45) is -8.25. The Bertz CT molecular complexity index is 886. The van der Waals surface area contributed by atoms with Crippen LogP contribution in [0.1, 0.15) is 26.2 Å². The molecule has 238 valence electrons. The molecule has 1 saturated carbocycles. The van der Waals surface area contributed by atoms with E-state index in [9.17, 15) is 25.2 Å². The standard InChI is InChI=1S/C24H47N7O10/c1-24(37)9-38-23(17(35)20(24)29-2)41-19-13(31-21(36)14(33)6-25)5-12(27)18(16(19)34)40-22-11(26)4-3-10(39-22)7-30-15(28)8-32/h10-14,16-20,22-23,29,32-35,37H,3-9,25-27H2,1-2H3,(H2,28,30)(H,31,36)/t10-,11+,12-,13+,14-,16-,17+,18+,19-,20+,22+,23+,24-/m0/s1. The van der Waals surface area contributed by atoms with E-state index < -0.39 is 84.9 Å². The van der Waals surface area contributed by atoms with E-state index in [1.54, 1.807) is 7.05 Å². The Morgan fingerprint density at radius 3 is 2.46 bits per heavy atom. The van der Waals surface area contributed by atoms with Crippen LogP contribution in [0.25, 0.3) is 0 Å². The zero-order valence-corrected chi connectivity index (χ0v) is 23.4. The molecule has 2 saturated heterocycles. The third-order valence-corrected chi connectivity index (χ3v) is 7.75. The summed E-state index contributed by atoms with van der Waals surface area (Å²) in [4.78, 5) is 16.6. The number of amidine groups is 1. The SMILES string of the molecule is CN[C@@H]1[C@@H](O)[C@@H](O[C@@H]2[C@@H](O)[C@H](O[C@H]3O[C@H](CN=C(N)CO)CC[C@H]3N)[C@@H](N)C[C@H]2NC(=O)[C@@H](O)CN)OC[C@]1(C)O. The van der Waals surface area contributed by atoms with Gasteiger partial charge in [0.2, 0.25) is 5.91 Å². The molecule has 0 aromatic carbocycles. The van der Waals surface area contributed by atoms with Gasteiger partial charge in [-0.15, -0.1) is 0 Å². The van der Waals surface area contributed by atoms with Gasteiger partial charge in [0.1, 0.15) is 48.6 Å². The molecule has 2 aliphatic heterocycles. The van der Waals surface area contributed by atoms with Gasteiger partial charge in [-0.05, 0) is 33.2 Å². The number of hydrogen-bond donors (Lipinski definition) is 11. The van der Waals surface area contributed by atoms with Crippen molar-refractivity contribution in [3.05, 3.63) is 0 Å². The highest BCUT2D eigenvalue weighted by atomic mass is 16.7. The largest absolute Gasteiger partial charge is 0.388 e. The maximum absolute atomic E-state index is 12.5. The molecule has 0 spiro atoms. The summed E-state index contributed by atoms with van der Waals surface area (Å²) in [5.41, 5.74) is 22.2. The summed E-state index contributed by atoms with van der Waals surface area (Å²) >= 11 is 0. The van der Waals surface area contributed by atoms with Crippen LogP contribution in [-0.4, -0.2) is 150 Å². The summed E-state index contributed by atoms with van der Waals surface area (Å²) in [7, 11) is 1.56. The monoisotopic (exact) mass is 593 g/mol. The molecule has 17 heteroatoms. The zero-order valence-electron chi connectivity index (χ0n) is 23.4. The van der Waals surface area contributed by atoms with Crippen LogP contribution in [0.4, 0.5) is 0 Å². The fourth-order valence-corrected chi connectivity index (χ4v) is 5.41. The molecule has 41 heavy (non-hydrogen) atoms. The van der Waals surface area contributed by atoms with Gasteiger partial charge < -0.3 is 78.0 Å². The van der Waals surface area contributed by atoms with Crippen molar-refractivity contribution in [2.24, 2.45) is 27.9 Å². The van der Waals surface area contributed by atoms with Crippen LogP contribution in [0.5, 0.6) is 0 Å². The molecule has 13 atom stereocenters. The fraction of sp³-hybridized carbons (Fsp3) is 0.917.